The van der Waals surface area contributed by atoms with E-state index in [2.05, 4.69) is 22.4 Å². The fraction of sp³-hybridized carbons (Fsp3) is 0.154. The van der Waals surface area contributed by atoms with E-state index in [1.54, 1.807) is 30.3 Å². The van der Waals surface area contributed by atoms with E-state index >= 15 is 0 Å². The number of methoxy groups -OCH3 is 1. The summed E-state index contributed by atoms with van der Waals surface area (Å²) in [5, 5.41) is 3.78. The Labute approximate surface area is 191 Å². The van der Waals surface area contributed by atoms with Gasteiger partial charge >= 0.3 is 0 Å². The minimum Gasteiger partial charge on any atom is -0.496 e. The lowest BCUT2D eigenvalue weighted by atomic mass is 10.0. The Morgan fingerprint density at radius 3 is 2.75 bits per heavy atom. The fourth-order valence-electron chi connectivity index (χ4n) is 4.06. The van der Waals surface area contributed by atoms with Crippen LogP contribution in [0.25, 0.3) is 16.8 Å². The highest BCUT2D eigenvalue weighted by atomic mass is 35.5. The summed E-state index contributed by atoms with van der Waals surface area (Å²) < 4.78 is 7.30. The molecule has 0 spiro atoms. The van der Waals surface area contributed by atoms with Gasteiger partial charge in [-0.05, 0) is 47.9 Å². The first-order valence-electron chi connectivity index (χ1n) is 10.5. The molecule has 5 rings (SSSR count). The molecule has 0 saturated heterocycles. The molecule has 1 amide bonds. The third-order valence-corrected chi connectivity index (χ3v) is 6.04. The predicted molar refractivity (Wildman–Crippen MR) is 126 cm³/mol. The maximum atomic E-state index is 13.0. The first-order chi connectivity index (χ1) is 15.6. The van der Waals surface area contributed by atoms with Gasteiger partial charge in [0.15, 0.2) is 0 Å². The maximum absolute atomic E-state index is 13.0. The fourth-order valence-corrected chi connectivity index (χ4v) is 4.24. The van der Waals surface area contributed by atoms with E-state index in [4.69, 9.17) is 16.3 Å². The summed E-state index contributed by atoms with van der Waals surface area (Å²) in [6.07, 6.45) is 4.21. The topological polar surface area (TPSA) is 56.2 Å². The Morgan fingerprint density at radius 1 is 1.09 bits per heavy atom. The van der Waals surface area contributed by atoms with Crippen LogP contribution in [0, 0.1) is 0 Å². The van der Waals surface area contributed by atoms with Crippen LogP contribution in [0.15, 0.2) is 85.3 Å². The molecule has 1 unspecified atom stereocenters. The standard InChI is InChI=1S/C26H22ClN3O2/c1-32-25-11-10-19(27)13-22(25)18-8-5-9-20(12-18)30-16-28-15-24(30)26(31)29-23-14-21(23)17-6-3-2-4-7-17/h2-13,15-16,21,23H,14H2,1H3,(H,29,31)/t21-,23?/m1/s1. The maximum Gasteiger partial charge on any atom is 0.270 e. The number of hydrogen-bond acceptors (Lipinski definition) is 3. The highest BCUT2D eigenvalue weighted by Crippen LogP contribution is 2.40. The lowest BCUT2D eigenvalue weighted by Gasteiger charge is -2.13. The average molecular weight is 444 g/mol. The lowest BCUT2D eigenvalue weighted by molar-refractivity contribution is 0.0943. The SMILES string of the molecule is COc1ccc(Cl)cc1-c1cccc(-n2cncc2C(=O)NC2C[C@@H]2c2ccccc2)c1. The van der Waals surface area contributed by atoms with E-state index in [1.165, 1.54) is 5.56 Å². The zero-order chi connectivity index (χ0) is 22.1. The number of rotatable bonds is 6. The van der Waals surface area contributed by atoms with E-state index in [0.717, 1.165) is 29.0 Å². The molecule has 3 aromatic carbocycles. The third kappa shape index (κ3) is 3.99. The molecule has 1 N–H and O–H groups in total. The quantitative estimate of drug-likeness (QED) is 0.429. The van der Waals surface area contributed by atoms with Crippen LogP contribution in [0.3, 0.4) is 0 Å². The lowest BCUT2D eigenvalue weighted by Crippen LogP contribution is -2.28. The van der Waals surface area contributed by atoms with E-state index in [9.17, 15) is 4.79 Å². The molecule has 0 radical (unpaired) electrons. The second-order valence-electron chi connectivity index (χ2n) is 7.88. The molecular formula is C26H22ClN3O2. The summed E-state index contributed by atoms with van der Waals surface area (Å²) in [7, 11) is 1.63. The molecule has 1 heterocycles. The molecule has 1 aliphatic rings. The monoisotopic (exact) mass is 443 g/mol. The van der Waals surface area contributed by atoms with Gasteiger partial charge in [0.25, 0.3) is 5.91 Å². The number of benzene rings is 3. The van der Waals surface area contributed by atoms with Crippen molar-refractivity contribution in [3.63, 3.8) is 0 Å². The zero-order valence-electron chi connectivity index (χ0n) is 17.5. The van der Waals surface area contributed by atoms with Crippen molar-refractivity contribution in [2.24, 2.45) is 0 Å². The summed E-state index contributed by atoms with van der Waals surface area (Å²) in [6, 6.07) is 23.8. The average Bonchev–Trinajstić information content (AvgIpc) is 3.41. The Kier molecular flexibility index (Phi) is 5.41. The van der Waals surface area contributed by atoms with Gasteiger partial charge in [0.2, 0.25) is 0 Å². The predicted octanol–water partition coefficient (Wildman–Crippen LogP) is 5.49. The molecule has 4 aromatic rings. The van der Waals surface area contributed by atoms with E-state index in [1.807, 2.05) is 54.6 Å². The van der Waals surface area contributed by atoms with Crippen LogP contribution in [-0.4, -0.2) is 28.6 Å². The van der Waals surface area contributed by atoms with Crippen molar-refractivity contribution in [1.82, 2.24) is 14.9 Å². The summed E-state index contributed by atoms with van der Waals surface area (Å²) in [6.45, 7) is 0. The number of aromatic nitrogens is 2. The van der Waals surface area contributed by atoms with Crippen LogP contribution in [0.5, 0.6) is 5.75 Å². The molecule has 0 bridgehead atoms. The van der Waals surface area contributed by atoms with Crippen molar-refractivity contribution in [3.8, 4) is 22.6 Å². The van der Waals surface area contributed by atoms with Crippen LogP contribution >= 0.6 is 11.6 Å². The molecule has 1 aliphatic carbocycles. The largest absolute Gasteiger partial charge is 0.496 e. The van der Waals surface area contributed by atoms with Gasteiger partial charge < -0.3 is 10.1 Å². The van der Waals surface area contributed by atoms with Crippen LogP contribution in [-0.2, 0) is 0 Å². The number of amides is 1. The van der Waals surface area contributed by atoms with Gasteiger partial charge in [-0.15, -0.1) is 0 Å². The van der Waals surface area contributed by atoms with Crippen molar-refractivity contribution in [2.75, 3.05) is 7.11 Å². The highest BCUT2D eigenvalue weighted by molar-refractivity contribution is 6.31. The van der Waals surface area contributed by atoms with Crippen molar-refractivity contribution >= 4 is 17.5 Å². The van der Waals surface area contributed by atoms with Crippen molar-refractivity contribution in [2.45, 2.75) is 18.4 Å². The van der Waals surface area contributed by atoms with Crippen LogP contribution in [0.1, 0.15) is 28.4 Å². The molecule has 1 saturated carbocycles. The van der Waals surface area contributed by atoms with Crippen molar-refractivity contribution < 1.29 is 9.53 Å². The minimum absolute atomic E-state index is 0.128. The van der Waals surface area contributed by atoms with Gasteiger partial charge in [-0.3, -0.25) is 9.36 Å². The first kappa shape index (κ1) is 20.3. The van der Waals surface area contributed by atoms with E-state index in [0.29, 0.717) is 16.6 Å². The van der Waals surface area contributed by atoms with Crippen LogP contribution < -0.4 is 10.1 Å². The Morgan fingerprint density at radius 2 is 1.94 bits per heavy atom. The molecule has 6 heteroatoms. The Hall–Kier alpha value is -3.57. The number of nitrogens with one attached hydrogen (secondary N) is 1. The number of imidazole rings is 1. The van der Waals surface area contributed by atoms with Gasteiger partial charge in [0.1, 0.15) is 11.4 Å². The summed E-state index contributed by atoms with van der Waals surface area (Å²) >= 11 is 6.22. The minimum atomic E-state index is -0.128. The van der Waals surface area contributed by atoms with E-state index in [-0.39, 0.29) is 11.9 Å². The zero-order valence-corrected chi connectivity index (χ0v) is 18.3. The van der Waals surface area contributed by atoms with Gasteiger partial charge in [-0.2, -0.15) is 0 Å². The number of halogens is 1. The number of carbonyl (C=O) groups is 1. The number of nitrogens with zero attached hydrogens (tertiary/aromatic N) is 2. The van der Waals surface area contributed by atoms with Crippen molar-refractivity contribution in [1.29, 1.82) is 0 Å². The van der Waals surface area contributed by atoms with Gasteiger partial charge in [0.05, 0.1) is 19.6 Å². The molecular weight excluding hydrogens is 422 g/mol. The van der Waals surface area contributed by atoms with Crippen molar-refractivity contribution in [3.05, 3.63) is 102 Å². The van der Waals surface area contributed by atoms with Gasteiger partial charge in [0, 0.05) is 28.2 Å². The summed E-state index contributed by atoms with van der Waals surface area (Å²) in [5.74, 6) is 0.975. The molecule has 1 aromatic heterocycles. The number of carbonyl (C=O) groups excluding carboxylic acids is 1. The molecule has 2 atom stereocenters. The molecule has 32 heavy (non-hydrogen) atoms. The van der Waals surface area contributed by atoms with E-state index < -0.39 is 0 Å². The normalized spacial score (nSPS) is 17.1. The molecule has 160 valence electrons. The third-order valence-electron chi connectivity index (χ3n) is 5.80. The van der Waals surface area contributed by atoms with Crippen LogP contribution in [0.2, 0.25) is 5.02 Å². The van der Waals surface area contributed by atoms with Crippen LogP contribution in [0.4, 0.5) is 0 Å². The summed E-state index contributed by atoms with van der Waals surface area (Å²) in [5.41, 5.74) is 4.42. The second-order valence-corrected chi connectivity index (χ2v) is 8.31. The first-order valence-corrected chi connectivity index (χ1v) is 10.8. The smallest absolute Gasteiger partial charge is 0.270 e. The second kappa shape index (κ2) is 8.52. The molecule has 1 fully saturated rings. The van der Waals surface area contributed by atoms with Gasteiger partial charge in [-0.25, -0.2) is 4.98 Å². The number of hydrogen-bond donors (Lipinski definition) is 1. The molecule has 5 nitrogen and oxygen atoms in total. The number of ether oxygens (including phenoxy) is 1. The highest BCUT2D eigenvalue weighted by Gasteiger charge is 2.39. The van der Waals surface area contributed by atoms with Gasteiger partial charge in [-0.1, -0.05) is 54.1 Å². The summed E-state index contributed by atoms with van der Waals surface area (Å²) in [4.78, 5) is 17.2. The Bertz CT molecular complexity index is 1270. The Balaban J connectivity index is 1.39. The molecule has 0 aliphatic heterocycles.